The molecule has 1 N–H and O–H groups in total. The highest BCUT2D eigenvalue weighted by Crippen LogP contribution is 2.18. The smallest absolute Gasteiger partial charge is 0.332 e. The van der Waals surface area contributed by atoms with E-state index >= 15 is 0 Å². The van der Waals surface area contributed by atoms with Gasteiger partial charge in [-0.25, -0.2) is 4.79 Å². The van der Waals surface area contributed by atoms with Crippen molar-refractivity contribution in [2.45, 2.75) is 6.54 Å². The quantitative estimate of drug-likeness (QED) is 0.849. The van der Waals surface area contributed by atoms with Gasteiger partial charge in [0.1, 0.15) is 0 Å². The van der Waals surface area contributed by atoms with Gasteiger partial charge in [0.2, 0.25) is 5.82 Å². The molecule has 0 aliphatic heterocycles. The maximum Gasteiger partial charge on any atom is 0.332 e. The SMILES string of the molecule is C=C(Cn1nnc(-c2cccc(Cl)c2)n1)C(=O)O. The number of tetrazole rings is 1. The van der Waals surface area contributed by atoms with Crippen LogP contribution >= 0.6 is 11.6 Å². The number of benzene rings is 1. The molecule has 0 radical (unpaired) electrons. The lowest BCUT2D eigenvalue weighted by Gasteiger charge is -1.97. The minimum absolute atomic E-state index is 0.00922. The molecule has 0 atom stereocenters. The van der Waals surface area contributed by atoms with Gasteiger partial charge in [-0.2, -0.15) is 4.80 Å². The van der Waals surface area contributed by atoms with Crippen molar-refractivity contribution in [2.75, 3.05) is 0 Å². The van der Waals surface area contributed by atoms with Crippen LogP contribution in [0, 0.1) is 0 Å². The fourth-order valence-corrected chi connectivity index (χ4v) is 1.48. The summed E-state index contributed by atoms with van der Waals surface area (Å²) in [5.41, 5.74) is 0.708. The predicted octanol–water partition coefficient (Wildman–Crippen LogP) is 1.63. The zero-order chi connectivity index (χ0) is 13.1. The van der Waals surface area contributed by atoms with Crippen molar-refractivity contribution >= 4 is 17.6 Å². The van der Waals surface area contributed by atoms with Crippen molar-refractivity contribution in [2.24, 2.45) is 0 Å². The molecule has 1 heterocycles. The molecule has 1 aromatic heterocycles. The van der Waals surface area contributed by atoms with E-state index in [0.717, 1.165) is 5.56 Å². The first-order valence-corrected chi connectivity index (χ1v) is 5.39. The Labute approximate surface area is 108 Å². The maximum absolute atomic E-state index is 10.6. The predicted molar refractivity (Wildman–Crippen MR) is 65.0 cm³/mol. The number of rotatable bonds is 4. The molecule has 92 valence electrons. The van der Waals surface area contributed by atoms with E-state index in [1.807, 2.05) is 0 Å². The largest absolute Gasteiger partial charge is 0.478 e. The highest BCUT2D eigenvalue weighted by molar-refractivity contribution is 6.30. The van der Waals surface area contributed by atoms with E-state index < -0.39 is 5.97 Å². The van der Waals surface area contributed by atoms with E-state index in [9.17, 15) is 4.79 Å². The van der Waals surface area contributed by atoms with Gasteiger partial charge in [0, 0.05) is 10.6 Å². The van der Waals surface area contributed by atoms with Gasteiger partial charge in [0.05, 0.1) is 12.1 Å². The molecule has 6 nitrogen and oxygen atoms in total. The van der Waals surface area contributed by atoms with E-state index in [1.165, 1.54) is 4.80 Å². The zero-order valence-corrected chi connectivity index (χ0v) is 10.0. The maximum atomic E-state index is 10.6. The molecule has 2 aromatic rings. The number of carbonyl (C=O) groups is 1. The average Bonchev–Trinajstić information content (AvgIpc) is 2.77. The molecular weight excluding hydrogens is 256 g/mol. The summed E-state index contributed by atoms with van der Waals surface area (Å²) >= 11 is 5.85. The molecule has 0 bridgehead atoms. The van der Waals surface area contributed by atoms with Crippen LogP contribution in [0.2, 0.25) is 5.02 Å². The van der Waals surface area contributed by atoms with E-state index in [4.69, 9.17) is 16.7 Å². The van der Waals surface area contributed by atoms with Gasteiger partial charge >= 0.3 is 5.97 Å². The molecule has 0 aliphatic carbocycles. The van der Waals surface area contributed by atoms with Crippen molar-refractivity contribution in [1.82, 2.24) is 20.2 Å². The Morgan fingerprint density at radius 2 is 2.28 bits per heavy atom. The normalized spacial score (nSPS) is 10.3. The summed E-state index contributed by atoms with van der Waals surface area (Å²) in [5.74, 6) is -0.702. The summed E-state index contributed by atoms with van der Waals surface area (Å²) < 4.78 is 0. The van der Waals surface area contributed by atoms with Crippen molar-refractivity contribution in [3.63, 3.8) is 0 Å². The van der Waals surface area contributed by atoms with Gasteiger partial charge in [0.25, 0.3) is 0 Å². The van der Waals surface area contributed by atoms with Crippen molar-refractivity contribution < 1.29 is 9.90 Å². The van der Waals surface area contributed by atoms with E-state index in [0.29, 0.717) is 10.8 Å². The third-order valence-electron chi connectivity index (χ3n) is 2.17. The molecule has 0 fully saturated rings. The molecule has 1 aromatic carbocycles. The lowest BCUT2D eigenvalue weighted by molar-refractivity contribution is -0.132. The van der Waals surface area contributed by atoms with Crippen LogP contribution < -0.4 is 0 Å². The number of nitrogens with zero attached hydrogens (tertiary/aromatic N) is 4. The molecule has 7 heteroatoms. The van der Waals surface area contributed by atoms with Crippen LogP contribution in [0.15, 0.2) is 36.4 Å². The first-order chi connectivity index (χ1) is 8.56. The number of carboxylic acid groups (broad SMARTS) is 1. The van der Waals surface area contributed by atoms with Gasteiger partial charge in [0.15, 0.2) is 0 Å². The number of hydrogen-bond donors (Lipinski definition) is 1. The molecule has 0 saturated heterocycles. The van der Waals surface area contributed by atoms with Gasteiger partial charge in [-0.3, -0.25) is 0 Å². The Kier molecular flexibility index (Phi) is 3.38. The fraction of sp³-hybridized carbons (Fsp3) is 0.0909. The first-order valence-electron chi connectivity index (χ1n) is 5.01. The van der Waals surface area contributed by atoms with E-state index in [1.54, 1.807) is 24.3 Å². The summed E-state index contributed by atoms with van der Waals surface area (Å²) in [4.78, 5) is 11.8. The number of aliphatic carboxylic acids is 1. The summed E-state index contributed by atoms with van der Waals surface area (Å²) in [6, 6.07) is 7.00. The van der Waals surface area contributed by atoms with Crippen LogP contribution in [0.1, 0.15) is 0 Å². The Hall–Kier alpha value is -2.21. The molecule has 0 saturated carbocycles. The highest BCUT2D eigenvalue weighted by atomic mass is 35.5. The molecule has 0 aliphatic rings. The topological polar surface area (TPSA) is 80.9 Å². The van der Waals surface area contributed by atoms with E-state index in [2.05, 4.69) is 22.0 Å². The average molecular weight is 265 g/mol. The van der Waals surface area contributed by atoms with Crippen LogP contribution in [-0.2, 0) is 11.3 Å². The number of halogens is 1. The van der Waals surface area contributed by atoms with Crippen LogP contribution in [0.5, 0.6) is 0 Å². The van der Waals surface area contributed by atoms with Crippen LogP contribution in [-0.4, -0.2) is 31.3 Å². The summed E-state index contributed by atoms with van der Waals surface area (Å²) in [6.07, 6.45) is 0. The lowest BCUT2D eigenvalue weighted by Crippen LogP contribution is -2.10. The summed E-state index contributed by atoms with van der Waals surface area (Å²) in [7, 11) is 0. The standard InChI is InChI=1S/C11H9ClN4O2/c1-7(11(17)18)6-16-14-10(13-15-16)8-3-2-4-9(12)5-8/h2-5H,1,6H2,(H,17,18). The minimum atomic E-state index is -1.09. The third kappa shape index (κ3) is 2.72. The highest BCUT2D eigenvalue weighted by Gasteiger charge is 2.10. The Morgan fingerprint density at radius 1 is 1.50 bits per heavy atom. The van der Waals surface area contributed by atoms with Gasteiger partial charge in [-0.15, -0.1) is 10.2 Å². The summed E-state index contributed by atoms with van der Waals surface area (Å²) in [5, 5.41) is 20.9. The number of hydrogen-bond acceptors (Lipinski definition) is 4. The molecule has 18 heavy (non-hydrogen) atoms. The van der Waals surface area contributed by atoms with Gasteiger partial charge < -0.3 is 5.11 Å². The van der Waals surface area contributed by atoms with Crippen molar-refractivity contribution in [3.8, 4) is 11.4 Å². The van der Waals surface area contributed by atoms with Crippen LogP contribution in [0.3, 0.4) is 0 Å². The van der Waals surface area contributed by atoms with Crippen LogP contribution in [0.4, 0.5) is 0 Å². The lowest BCUT2D eigenvalue weighted by atomic mass is 10.2. The second-order valence-corrected chi connectivity index (χ2v) is 4.00. The number of aromatic nitrogens is 4. The second-order valence-electron chi connectivity index (χ2n) is 3.56. The van der Waals surface area contributed by atoms with Crippen LogP contribution in [0.25, 0.3) is 11.4 Å². The summed E-state index contributed by atoms with van der Waals surface area (Å²) in [6.45, 7) is 3.39. The number of carboxylic acids is 1. The molecular formula is C11H9ClN4O2. The molecule has 0 amide bonds. The van der Waals surface area contributed by atoms with Crippen molar-refractivity contribution in [3.05, 3.63) is 41.4 Å². The van der Waals surface area contributed by atoms with Gasteiger partial charge in [-0.1, -0.05) is 30.3 Å². The van der Waals surface area contributed by atoms with Gasteiger partial charge in [-0.05, 0) is 17.3 Å². The first kappa shape index (κ1) is 12.3. The molecule has 2 rings (SSSR count). The Balaban J connectivity index is 2.20. The third-order valence-corrected chi connectivity index (χ3v) is 2.41. The fourth-order valence-electron chi connectivity index (χ4n) is 1.29. The van der Waals surface area contributed by atoms with Crippen molar-refractivity contribution in [1.29, 1.82) is 0 Å². The second kappa shape index (κ2) is 4.97. The Bertz CT molecular complexity index is 609. The van der Waals surface area contributed by atoms with E-state index in [-0.39, 0.29) is 12.1 Å². The Morgan fingerprint density at radius 3 is 2.94 bits per heavy atom. The molecule has 0 unspecified atom stereocenters. The monoisotopic (exact) mass is 264 g/mol. The minimum Gasteiger partial charge on any atom is -0.478 e. The molecule has 0 spiro atoms. The zero-order valence-electron chi connectivity index (χ0n) is 9.25.